The topological polar surface area (TPSA) is 116 Å². The largest absolute Gasteiger partial charge is 0.355 e. The van der Waals surface area contributed by atoms with Gasteiger partial charge >= 0.3 is 0 Å². The van der Waals surface area contributed by atoms with Gasteiger partial charge in [-0.3, -0.25) is 4.79 Å². The van der Waals surface area contributed by atoms with Gasteiger partial charge in [-0.25, -0.2) is 13.4 Å². The lowest BCUT2D eigenvalue weighted by Gasteiger charge is -2.34. The molecule has 29 heavy (non-hydrogen) atoms. The van der Waals surface area contributed by atoms with Crippen LogP contribution < -0.4 is 20.9 Å². The number of anilines is 3. The summed E-state index contributed by atoms with van der Waals surface area (Å²) in [5.74, 6) is 0.381. The van der Waals surface area contributed by atoms with Crippen molar-refractivity contribution in [3.63, 3.8) is 0 Å². The van der Waals surface area contributed by atoms with Gasteiger partial charge in [-0.15, -0.1) is 12.4 Å². The number of piperazine rings is 1. The van der Waals surface area contributed by atoms with Crippen LogP contribution in [0.1, 0.15) is 17.3 Å². The third-order valence-corrected chi connectivity index (χ3v) is 5.70. The zero-order valence-corrected chi connectivity index (χ0v) is 18.1. The highest BCUT2D eigenvalue weighted by Gasteiger charge is 2.23. The minimum atomic E-state index is -3.46. The zero-order chi connectivity index (χ0) is 20.3. The van der Waals surface area contributed by atoms with Crippen LogP contribution in [0.2, 0.25) is 0 Å². The number of halogens is 1. The summed E-state index contributed by atoms with van der Waals surface area (Å²) in [7, 11) is -1.94. The molecule has 1 aliphatic rings. The maximum atomic E-state index is 12.3. The molecule has 0 unspecified atom stereocenters. The van der Waals surface area contributed by atoms with Gasteiger partial charge in [0.1, 0.15) is 11.4 Å². The van der Waals surface area contributed by atoms with E-state index in [1.165, 1.54) is 19.3 Å². The molecule has 158 valence electrons. The highest BCUT2D eigenvalue weighted by molar-refractivity contribution is 7.90. The Morgan fingerprint density at radius 2 is 2.03 bits per heavy atom. The fourth-order valence-electron chi connectivity index (χ4n) is 3.07. The van der Waals surface area contributed by atoms with Crippen LogP contribution in [-0.2, 0) is 9.84 Å². The average molecular weight is 441 g/mol. The quantitative estimate of drug-likeness (QED) is 0.635. The third-order valence-electron chi connectivity index (χ3n) is 4.55. The number of nitrogens with zero attached hydrogens (tertiary/aromatic N) is 3. The number of sulfone groups is 1. The number of benzene rings is 1. The minimum absolute atomic E-state index is 0. The molecule has 9 nitrogen and oxygen atoms in total. The predicted molar refractivity (Wildman–Crippen MR) is 115 cm³/mol. The number of aromatic nitrogens is 2. The number of para-hydroxylation sites is 1. The lowest BCUT2D eigenvalue weighted by molar-refractivity contribution is 0.0963. The van der Waals surface area contributed by atoms with Gasteiger partial charge in [-0.2, -0.15) is 4.98 Å². The number of rotatable bonds is 5. The van der Waals surface area contributed by atoms with E-state index in [-0.39, 0.29) is 40.6 Å². The van der Waals surface area contributed by atoms with Gasteiger partial charge in [0, 0.05) is 45.2 Å². The first-order valence-corrected chi connectivity index (χ1v) is 10.8. The third kappa shape index (κ3) is 5.14. The molecule has 0 aliphatic carbocycles. The molecule has 1 atom stereocenters. The maximum absolute atomic E-state index is 12.3. The molecule has 0 radical (unpaired) electrons. The summed E-state index contributed by atoms with van der Waals surface area (Å²) < 4.78 is 24.2. The Kier molecular flexibility index (Phi) is 7.39. The number of carbonyl (C=O) groups excluding carboxylic acids is 1. The summed E-state index contributed by atoms with van der Waals surface area (Å²) in [4.78, 5) is 23.4. The van der Waals surface area contributed by atoms with Gasteiger partial charge in [0.15, 0.2) is 9.84 Å². The van der Waals surface area contributed by atoms with Crippen LogP contribution in [0.25, 0.3) is 0 Å². The summed E-state index contributed by atoms with van der Waals surface area (Å²) in [6, 6.07) is 6.71. The molecule has 0 saturated carbocycles. The van der Waals surface area contributed by atoms with Crippen molar-refractivity contribution < 1.29 is 13.2 Å². The Morgan fingerprint density at radius 3 is 2.69 bits per heavy atom. The molecule has 3 rings (SSSR count). The molecule has 2 aromatic rings. The molecule has 2 heterocycles. The van der Waals surface area contributed by atoms with Crippen LogP contribution >= 0.6 is 12.4 Å². The van der Waals surface area contributed by atoms with E-state index in [1.807, 2.05) is 0 Å². The van der Waals surface area contributed by atoms with E-state index in [2.05, 4.69) is 37.7 Å². The number of carbonyl (C=O) groups is 1. The van der Waals surface area contributed by atoms with Crippen LogP contribution in [0.3, 0.4) is 0 Å². The highest BCUT2D eigenvalue weighted by Crippen LogP contribution is 2.27. The molecule has 0 spiro atoms. The van der Waals surface area contributed by atoms with Gasteiger partial charge in [0.25, 0.3) is 5.91 Å². The second-order valence-corrected chi connectivity index (χ2v) is 8.64. The van der Waals surface area contributed by atoms with Crippen LogP contribution in [0.15, 0.2) is 35.4 Å². The van der Waals surface area contributed by atoms with Crippen LogP contribution in [0.4, 0.5) is 17.5 Å². The lowest BCUT2D eigenvalue weighted by Crippen LogP contribution is -2.50. The first kappa shape index (κ1) is 22.9. The van der Waals surface area contributed by atoms with Crippen molar-refractivity contribution in [2.75, 3.05) is 43.2 Å². The summed E-state index contributed by atoms with van der Waals surface area (Å²) in [5.41, 5.74) is 0.588. The van der Waals surface area contributed by atoms with Crippen LogP contribution in [0, 0.1) is 0 Å². The van der Waals surface area contributed by atoms with E-state index in [1.54, 1.807) is 18.2 Å². The highest BCUT2D eigenvalue weighted by atomic mass is 35.5. The van der Waals surface area contributed by atoms with Gasteiger partial charge in [-0.05, 0) is 19.1 Å². The molecular formula is C18H25ClN6O3S. The maximum Gasteiger partial charge on any atom is 0.256 e. The Balaban J connectivity index is 0.00000300. The van der Waals surface area contributed by atoms with E-state index in [4.69, 9.17) is 0 Å². The molecule has 1 aliphatic heterocycles. The van der Waals surface area contributed by atoms with Crippen molar-refractivity contribution in [2.24, 2.45) is 0 Å². The van der Waals surface area contributed by atoms with Gasteiger partial charge in [0.2, 0.25) is 5.95 Å². The second-order valence-electron chi connectivity index (χ2n) is 6.65. The average Bonchev–Trinajstić information content (AvgIpc) is 2.67. The molecule has 1 aromatic carbocycles. The first-order chi connectivity index (χ1) is 13.3. The Bertz CT molecular complexity index is 985. The van der Waals surface area contributed by atoms with E-state index in [9.17, 15) is 13.2 Å². The summed E-state index contributed by atoms with van der Waals surface area (Å²) in [5, 5.41) is 8.89. The van der Waals surface area contributed by atoms with Crippen molar-refractivity contribution in [1.29, 1.82) is 0 Å². The standard InChI is InChI=1S/C18H24N6O3S.ClH/c1-12-10-20-8-9-24(12)18-21-11-13(17(25)19-2)16(23-18)22-14-6-4-5-7-15(14)28(3,26)27;/h4-7,11-12,20H,8-10H2,1-3H3,(H,19,25)(H,21,22,23);1H/t12-;/m1./s1. The second kappa shape index (κ2) is 9.38. The summed E-state index contributed by atoms with van der Waals surface area (Å²) >= 11 is 0. The van der Waals surface area contributed by atoms with Crippen LogP contribution in [-0.4, -0.2) is 63.3 Å². The normalized spacial score (nSPS) is 16.7. The fourth-order valence-corrected chi connectivity index (χ4v) is 3.91. The van der Waals surface area contributed by atoms with Gasteiger partial charge in [-0.1, -0.05) is 12.1 Å². The van der Waals surface area contributed by atoms with E-state index < -0.39 is 9.84 Å². The lowest BCUT2D eigenvalue weighted by atomic mass is 10.2. The smallest absolute Gasteiger partial charge is 0.256 e. The van der Waals surface area contributed by atoms with Crippen LogP contribution in [0.5, 0.6) is 0 Å². The molecule has 1 amide bonds. The van der Waals surface area contributed by atoms with Gasteiger partial charge < -0.3 is 20.9 Å². The number of hydrogen-bond acceptors (Lipinski definition) is 8. The van der Waals surface area contributed by atoms with Crippen molar-refractivity contribution in [1.82, 2.24) is 20.6 Å². The molecule has 0 bridgehead atoms. The van der Waals surface area contributed by atoms with Gasteiger partial charge in [0.05, 0.1) is 10.6 Å². The van der Waals surface area contributed by atoms with Crippen molar-refractivity contribution >= 4 is 45.6 Å². The van der Waals surface area contributed by atoms with E-state index >= 15 is 0 Å². The Hall–Kier alpha value is -2.43. The molecule has 3 N–H and O–H groups in total. The SMILES string of the molecule is CNC(=O)c1cnc(N2CCNC[C@H]2C)nc1Nc1ccccc1S(C)(=O)=O.Cl. The fraction of sp³-hybridized carbons (Fsp3) is 0.389. The van der Waals surface area contributed by atoms with E-state index in [0.29, 0.717) is 11.6 Å². The monoisotopic (exact) mass is 440 g/mol. The minimum Gasteiger partial charge on any atom is -0.355 e. The zero-order valence-electron chi connectivity index (χ0n) is 16.5. The Morgan fingerprint density at radius 1 is 1.31 bits per heavy atom. The molecule has 1 aromatic heterocycles. The predicted octanol–water partition coefficient (Wildman–Crippen LogP) is 1.20. The van der Waals surface area contributed by atoms with Crippen molar-refractivity contribution in [3.8, 4) is 0 Å². The van der Waals surface area contributed by atoms with Crippen molar-refractivity contribution in [2.45, 2.75) is 17.9 Å². The molecule has 1 fully saturated rings. The molecule has 11 heteroatoms. The molecule has 1 saturated heterocycles. The number of amides is 1. The summed E-state index contributed by atoms with van der Waals surface area (Å²) in [6.07, 6.45) is 2.60. The first-order valence-electron chi connectivity index (χ1n) is 8.94. The van der Waals surface area contributed by atoms with E-state index in [0.717, 1.165) is 25.9 Å². The summed E-state index contributed by atoms with van der Waals surface area (Å²) in [6.45, 7) is 4.42. The van der Waals surface area contributed by atoms with Crippen molar-refractivity contribution in [3.05, 3.63) is 36.0 Å². The number of hydrogen-bond donors (Lipinski definition) is 3. The Labute approximate surface area is 176 Å². The number of nitrogens with one attached hydrogen (secondary N) is 3. The molecular weight excluding hydrogens is 416 g/mol.